The summed E-state index contributed by atoms with van der Waals surface area (Å²) in [5, 5.41) is 13.6. The third kappa shape index (κ3) is 6.00. The monoisotopic (exact) mass is 508 g/mol. The summed E-state index contributed by atoms with van der Waals surface area (Å²) in [6, 6.07) is 9.04. The van der Waals surface area contributed by atoms with Gasteiger partial charge in [0.05, 0.1) is 19.3 Å². The SMILES string of the molecule is CC(C)c1noc(N2CCC(COc3ccc(C4=CCC(C(=O)N5CCC[C@@H]5CO)CC4)cc3)CC2)n1. The van der Waals surface area contributed by atoms with Gasteiger partial charge in [0, 0.05) is 31.5 Å². The highest BCUT2D eigenvalue weighted by Crippen LogP contribution is 2.33. The molecule has 0 bridgehead atoms. The van der Waals surface area contributed by atoms with E-state index in [0.29, 0.717) is 18.5 Å². The van der Waals surface area contributed by atoms with E-state index < -0.39 is 0 Å². The number of piperidine rings is 1. The van der Waals surface area contributed by atoms with Gasteiger partial charge in [0.2, 0.25) is 5.91 Å². The minimum absolute atomic E-state index is 0.0150. The van der Waals surface area contributed by atoms with Gasteiger partial charge in [0.25, 0.3) is 0 Å². The number of hydrogen-bond donors (Lipinski definition) is 1. The van der Waals surface area contributed by atoms with Crippen LogP contribution in [0.15, 0.2) is 34.9 Å². The van der Waals surface area contributed by atoms with Crippen molar-refractivity contribution in [1.29, 1.82) is 0 Å². The summed E-state index contributed by atoms with van der Waals surface area (Å²) in [5.41, 5.74) is 2.52. The average molecular weight is 509 g/mol. The fraction of sp³-hybridized carbons (Fsp3) is 0.621. The van der Waals surface area contributed by atoms with E-state index in [9.17, 15) is 9.90 Å². The zero-order valence-electron chi connectivity index (χ0n) is 22.1. The number of amides is 1. The summed E-state index contributed by atoms with van der Waals surface area (Å²) >= 11 is 0. The predicted molar refractivity (Wildman–Crippen MR) is 142 cm³/mol. The fourth-order valence-corrected chi connectivity index (χ4v) is 5.73. The molecule has 8 heteroatoms. The third-order valence-corrected chi connectivity index (χ3v) is 8.17. The first-order valence-electron chi connectivity index (χ1n) is 13.9. The number of aliphatic hydroxyl groups excluding tert-OH is 1. The second kappa shape index (κ2) is 11.7. The second-order valence-electron chi connectivity index (χ2n) is 11.1. The van der Waals surface area contributed by atoms with Gasteiger partial charge in [-0.05, 0) is 74.1 Å². The Balaban J connectivity index is 1.07. The van der Waals surface area contributed by atoms with E-state index in [4.69, 9.17) is 9.26 Å². The number of aliphatic hydroxyl groups is 1. The van der Waals surface area contributed by atoms with Gasteiger partial charge in [-0.3, -0.25) is 4.79 Å². The van der Waals surface area contributed by atoms with Crippen LogP contribution in [-0.4, -0.2) is 64.9 Å². The first kappa shape index (κ1) is 25.8. The number of carbonyl (C=O) groups excluding carboxylic acids is 1. The van der Waals surface area contributed by atoms with Crippen molar-refractivity contribution in [1.82, 2.24) is 15.0 Å². The molecule has 1 N–H and O–H groups in total. The van der Waals surface area contributed by atoms with Crippen LogP contribution in [0.1, 0.15) is 76.1 Å². The molecule has 37 heavy (non-hydrogen) atoms. The number of anilines is 1. The molecule has 2 aliphatic heterocycles. The molecule has 200 valence electrons. The zero-order chi connectivity index (χ0) is 25.8. The number of allylic oxidation sites excluding steroid dienone is 2. The molecule has 8 nitrogen and oxygen atoms in total. The van der Waals surface area contributed by atoms with E-state index in [1.165, 1.54) is 11.1 Å². The maximum Gasteiger partial charge on any atom is 0.324 e. The predicted octanol–water partition coefficient (Wildman–Crippen LogP) is 4.66. The number of hydrogen-bond acceptors (Lipinski definition) is 7. The highest BCUT2D eigenvalue weighted by atomic mass is 16.5. The Bertz CT molecular complexity index is 1070. The molecule has 1 aromatic carbocycles. The Kier molecular flexibility index (Phi) is 8.13. The molecule has 1 unspecified atom stereocenters. The van der Waals surface area contributed by atoms with Crippen molar-refractivity contribution < 1.29 is 19.2 Å². The Morgan fingerprint density at radius 1 is 1.14 bits per heavy atom. The van der Waals surface area contributed by atoms with E-state index in [-0.39, 0.29) is 30.4 Å². The molecule has 3 heterocycles. The summed E-state index contributed by atoms with van der Waals surface area (Å²) in [5.74, 6) is 2.71. The van der Waals surface area contributed by atoms with Crippen molar-refractivity contribution in [3.63, 3.8) is 0 Å². The third-order valence-electron chi connectivity index (χ3n) is 8.17. The number of ether oxygens (including phenoxy) is 1. The molecular weight excluding hydrogens is 468 g/mol. The first-order chi connectivity index (χ1) is 18.0. The molecule has 5 rings (SSSR count). The largest absolute Gasteiger partial charge is 0.493 e. The van der Waals surface area contributed by atoms with Crippen molar-refractivity contribution in [2.24, 2.45) is 11.8 Å². The highest BCUT2D eigenvalue weighted by Gasteiger charge is 2.33. The molecule has 0 saturated carbocycles. The standard InChI is InChI=1S/C29H40N4O4/c1-20(2)27-30-29(37-31-27)32-16-13-21(14-17-32)19-36-26-11-9-23(10-12-26)22-5-7-24(8-6-22)28(35)33-15-3-4-25(33)18-34/h5,9-12,20-21,24-25,34H,3-4,6-8,13-19H2,1-2H3/t24?,25-/m1/s1. The molecule has 3 aliphatic rings. The number of nitrogens with zero attached hydrogens (tertiary/aromatic N) is 4. The Morgan fingerprint density at radius 2 is 1.92 bits per heavy atom. The van der Waals surface area contributed by atoms with Crippen LogP contribution >= 0.6 is 0 Å². The van der Waals surface area contributed by atoms with Crippen LogP contribution in [0.2, 0.25) is 0 Å². The molecule has 2 fully saturated rings. The molecule has 2 atom stereocenters. The van der Waals surface area contributed by atoms with Gasteiger partial charge in [-0.1, -0.05) is 37.2 Å². The number of carbonyl (C=O) groups is 1. The quantitative estimate of drug-likeness (QED) is 0.555. The van der Waals surface area contributed by atoms with E-state index in [1.807, 2.05) is 4.90 Å². The molecule has 0 radical (unpaired) electrons. The minimum atomic E-state index is 0.0150. The molecule has 1 aromatic heterocycles. The lowest BCUT2D eigenvalue weighted by Crippen LogP contribution is -2.41. The topological polar surface area (TPSA) is 91.9 Å². The molecule has 2 aromatic rings. The van der Waals surface area contributed by atoms with E-state index in [0.717, 1.165) is 76.2 Å². The molecule has 0 spiro atoms. The Morgan fingerprint density at radius 3 is 2.57 bits per heavy atom. The number of rotatable bonds is 8. The van der Waals surface area contributed by atoms with Crippen LogP contribution in [0.25, 0.3) is 5.57 Å². The van der Waals surface area contributed by atoms with Crippen LogP contribution in [0, 0.1) is 11.8 Å². The summed E-state index contributed by atoms with van der Waals surface area (Å²) in [6.07, 6.45) is 8.79. The maximum atomic E-state index is 12.9. The summed E-state index contributed by atoms with van der Waals surface area (Å²) in [4.78, 5) is 21.5. The maximum absolute atomic E-state index is 12.9. The lowest BCUT2D eigenvalue weighted by Gasteiger charge is -2.30. The van der Waals surface area contributed by atoms with Gasteiger partial charge in [0.1, 0.15) is 5.75 Å². The molecule has 1 aliphatic carbocycles. The average Bonchev–Trinajstić information content (AvgIpc) is 3.63. The lowest BCUT2D eigenvalue weighted by atomic mass is 9.85. The van der Waals surface area contributed by atoms with Crippen molar-refractivity contribution in [3.05, 3.63) is 41.7 Å². The van der Waals surface area contributed by atoms with Crippen LogP contribution in [0.4, 0.5) is 6.01 Å². The molecule has 2 saturated heterocycles. The summed E-state index contributed by atoms with van der Waals surface area (Å²) in [7, 11) is 0. The second-order valence-corrected chi connectivity index (χ2v) is 11.1. The van der Waals surface area contributed by atoms with Gasteiger partial charge < -0.3 is 24.2 Å². The summed E-state index contributed by atoms with van der Waals surface area (Å²) < 4.78 is 11.6. The van der Waals surface area contributed by atoms with E-state index >= 15 is 0 Å². The van der Waals surface area contributed by atoms with Crippen LogP contribution in [0.3, 0.4) is 0 Å². The highest BCUT2D eigenvalue weighted by molar-refractivity contribution is 5.81. The van der Waals surface area contributed by atoms with E-state index in [1.54, 1.807) is 0 Å². The van der Waals surface area contributed by atoms with Crippen molar-refractivity contribution in [2.75, 3.05) is 37.7 Å². The number of benzene rings is 1. The van der Waals surface area contributed by atoms with Gasteiger partial charge in [-0.15, -0.1) is 0 Å². The lowest BCUT2D eigenvalue weighted by molar-refractivity contribution is -0.137. The number of likely N-dealkylation sites (tertiary alicyclic amines) is 1. The molecule has 1 amide bonds. The van der Waals surface area contributed by atoms with Crippen LogP contribution in [0.5, 0.6) is 5.75 Å². The summed E-state index contributed by atoms with van der Waals surface area (Å²) in [6.45, 7) is 7.53. The van der Waals surface area contributed by atoms with Crippen LogP contribution < -0.4 is 9.64 Å². The number of aromatic nitrogens is 2. The van der Waals surface area contributed by atoms with Gasteiger partial charge in [-0.25, -0.2) is 0 Å². The normalized spacial score (nSPS) is 23.0. The van der Waals surface area contributed by atoms with Gasteiger partial charge in [0.15, 0.2) is 5.82 Å². The van der Waals surface area contributed by atoms with Gasteiger partial charge in [-0.2, -0.15) is 4.98 Å². The Labute approximate surface area is 219 Å². The van der Waals surface area contributed by atoms with E-state index in [2.05, 4.69) is 59.2 Å². The fourth-order valence-electron chi connectivity index (χ4n) is 5.73. The van der Waals surface area contributed by atoms with Crippen molar-refractivity contribution in [3.8, 4) is 5.75 Å². The minimum Gasteiger partial charge on any atom is -0.493 e. The molecular formula is C29H40N4O4. The smallest absolute Gasteiger partial charge is 0.324 e. The van der Waals surface area contributed by atoms with Crippen molar-refractivity contribution in [2.45, 2.75) is 70.8 Å². The van der Waals surface area contributed by atoms with Crippen molar-refractivity contribution >= 4 is 17.5 Å². The Hall–Kier alpha value is -2.87. The van der Waals surface area contributed by atoms with Crippen LogP contribution in [-0.2, 0) is 4.79 Å². The first-order valence-corrected chi connectivity index (χ1v) is 13.9. The zero-order valence-corrected chi connectivity index (χ0v) is 22.1. The van der Waals surface area contributed by atoms with Gasteiger partial charge >= 0.3 is 6.01 Å².